The molecule has 0 spiro atoms. The summed E-state index contributed by atoms with van der Waals surface area (Å²) in [5.74, 6) is 0.125. The average molecular weight is 297 g/mol. The van der Waals surface area contributed by atoms with Gasteiger partial charge in [-0.05, 0) is 31.5 Å². The Balaban J connectivity index is 2.16. The van der Waals surface area contributed by atoms with Crippen LogP contribution < -0.4 is 5.32 Å². The maximum atomic E-state index is 11.6. The van der Waals surface area contributed by atoms with Gasteiger partial charge in [0.25, 0.3) is 0 Å². The lowest BCUT2D eigenvalue weighted by Crippen LogP contribution is -2.54. The number of hydrogen-bond acceptors (Lipinski definition) is 2. The lowest BCUT2D eigenvalue weighted by atomic mass is 10.0. The molecule has 3 nitrogen and oxygen atoms in total. The molecule has 0 saturated carbocycles. The number of nitrogens with zero attached hydrogens (tertiary/aromatic N) is 1. The van der Waals surface area contributed by atoms with Crippen LogP contribution in [0.5, 0.6) is 0 Å². The second-order valence-corrected chi connectivity index (χ2v) is 5.35. The van der Waals surface area contributed by atoms with E-state index >= 15 is 0 Å². The molecule has 1 N–H and O–H groups in total. The molecule has 1 heterocycles. The third kappa shape index (κ3) is 2.69. The molecule has 1 amide bonds. The Bertz CT molecular complexity index is 404. The summed E-state index contributed by atoms with van der Waals surface area (Å²) in [7, 11) is 0. The number of benzene rings is 1. The van der Waals surface area contributed by atoms with Crippen LogP contribution in [0.15, 0.2) is 28.7 Å². The third-order valence-electron chi connectivity index (χ3n) is 3.40. The molecule has 2 atom stereocenters. The highest BCUT2D eigenvalue weighted by Crippen LogP contribution is 2.24. The Morgan fingerprint density at radius 1 is 1.41 bits per heavy atom. The number of amides is 1. The molecular formula is C13H17BrN2O. The van der Waals surface area contributed by atoms with Gasteiger partial charge >= 0.3 is 0 Å². The van der Waals surface area contributed by atoms with E-state index in [1.807, 2.05) is 19.1 Å². The average Bonchev–Trinajstić information content (AvgIpc) is 2.33. The van der Waals surface area contributed by atoms with E-state index in [4.69, 9.17) is 0 Å². The van der Waals surface area contributed by atoms with Gasteiger partial charge in [-0.1, -0.05) is 28.1 Å². The molecule has 1 aliphatic rings. The summed E-state index contributed by atoms with van der Waals surface area (Å²) in [6.45, 7) is 5.76. The number of hydrogen-bond donors (Lipinski definition) is 1. The van der Waals surface area contributed by atoms with Gasteiger partial charge in [-0.15, -0.1) is 0 Å². The van der Waals surface area contributed by atoms with Crippen LogP contribution in [0.25, 0.3) is 0 Å². The SMILES string of the molecule is CC1C(=O)NCCN1C(C)c1ccc(Br)cc1. The normalized spacial score (nSPS) is 23.2. The second kappa shape index (κ2) is 5.19. The van der Waals surface area contributed by atoms with Gasteiger partial charge in [0.2, 0.25) is 5.91 Å². The molecule has 4 heteroatoms. The van der Waals surface area contributed by atoms with Crippen LogP contribution in [0.2, 0.25) is 0 Å². The maximum absolute atomic E-state index is 11.6. The first-order valence-electron chi connectivity index (χ1n) is 5.88. The number of nitrogens with one attached hydrogen (secondary N) is 1. The number of rotatable bonds is 2. The molecule has 1 aliphatic heterocycles. The molecule has 1 fully saturated rings. The molecule has 17 heavy (non-hydrogen) atoms. The van der Waals surface area contributed by atoms with Crippen LogP contribution in [-0.2, 0) is 4.79 Å². The number of piperazine rings is 1. The predicted molar refractivity (Wildman–Crippen MR) is 71.7 cm³/mol. The van der Waals surface area contributed by atoms with Crippen LogP contribution in [0, 0.1) is 0 Å². The Kier molecular flexibility index (Phi) is 3.84. The minimum Gasteiger partial charge on any atom is -0.353 e. The summed E-state index contributed by atoms with van der Waals surface area (Å²) >= 11 is 3.43. The van der Waals surface area contributed by atoms with E-state index in [1.54, 1.807) is 0 Å². The summed E-state index contributed by atoms with van der Waals surface area (Å²) in [5.41, 5.74) is 1.25. The monoisotopic (exact) mass is 296 g/mol. The Morgan fingerprint density at radius 3 is 2.71 bits per heavy atom. The second-order valence-electron chi connectivity index (χ2n) is 4.43. The highest BCUT2D eigenvalue weighted by atomic mass is 79.9. The van der Waals surface area contributed by atoms with E-state index in [-0.39, 0.29) is 18.0 Å². The van der Waals surface area contributed by atoms with Crippen molar-refractivity contribution in [2.75, 3.05) is 13.1 Å². The summed E-state index contributed by atoms with van der Waals surface area (Å²) in [5, 5.41) is 2.89. The molecule has 92 valence electrons. The lowest BCUT2D eigenvalue weighted by molar-refractivity contribution is -0.129. The summed E-state index contributed by atoms with van der Waals surface area (Å²) < 4.78 is 1.08. The van der Waals surface area contributed by atoms with Crippen LogP contribution in [0.4, 0.5) is 0 Å². The largest absolute Gasteiger partial charge is 0.353 e. The summed E-state index contributed by atoms with van der Waals surface area (Å²) in [6, 6.07) is 8.51. The van der Waals surface area contributed by atoms with Gasteiger partial charge in [0, 0.05) is 23.6 Å². The Labute approximate surface area is 110 Å². The van der Waals surface area contributed by atoms with Crippen molar-refractivity contribution in [3.63, 3.8) is 0 Å². The number of carbonyl (C=O) groups is 1. The van der Waals surface area contributed by atoms with Crippen LogP contribution >= 0.6 is 15.9 Å². The van der Waals surface area contributed by atoms with Crippen molar-refractivity contribution < 1.29 is 4.79 Å². The van der Waals surface area contributed by atoms with Crippen molar-refractivity contribution >= 4 is 21.8 Å². The van der Waals surface area contributed by atoms with Crippen molar-refractivity contribution in [1.82, 2.24) is 10.2 Å². The molecule has 1 saturated heterocycles. The van der Waals surface area contributed by atoms with Crippen molar-refractivity contribution in [2.45, 2.75) is 25.9 Å². The summed E-state index contributed by atoms with van der Waals surface area (Å²) in [6.07, 6.45) is 0. The fourth-order valence-electron chi connectivity index (χ4n) is 2.26. The first-order chi connectivity index (χ1) is 8.09. The molecule has 0 aromatic heterocycles. The first-order valence-corrected chi connectivity index (χ1v) is 6.68. The van der Waals surface area contributed by atoms with Crippen molar-refractivity contribution in [3.05, 3.63) is 34.3 Å². The third-order valence-corrected chi connectivity index (χ3v) is 3.92. The predicted octanol–water partition coefficient (Wildman–Crippen LogP) is 2.33. The van der Waals surface area contributed by atoms with E-state index in [0.29, 0.717) is 0 Å². The van der Waals surface area contributed by atoms with E-state index < -0.39 is 0 Å². The molecule has 0 bridgehead atoms. The smallest absolute Gasteiger partial charge is 0.237 e. The fraction of sp³-hybridized carbons (Fsp3) is 0.462. The fourth-order valence-corrected chi connectivity index (χ4v) is 2.53. The van der Waals surface area contributed by atoms with Crippen molar-refractivity contribution in [2.24, 2.45) is 0 Å². The van der Waals surface area contributed by atoms with E-state index in [9.17, 15) is 4.79 Å². The number of carbonyl (C=O) groups excluding carboxylic acids is 1. The van der Waals surface area contributed by atoms with Gasteiger partial charge in [0.15, 0.2) is 0 Å². The number of halogens is 1. The maximum Gasteiger partial charge on any atom is 0.237 e. The van der Waals surface area contributed by atoms with Crippen LogP contribution in [0.3, 0.4) is 0 Å². The standard InChI is InChI=1S/C13H17BrN2O/c1-9(11-3-5-12(14)6-4-11)16-8-7-15-13(17)10(16)2/h3-6,9-10H,7-8H2,1-2H3,(H,15,17). The minimum atomic E-state index is -0.0533. The van der Waals surface area contributed by atoms with E-state index in [1.165, 1.54) is 5.56 Å². The zero-order valence-corrected chi connectivity index (χ0v) is 11.7. The van der Waals surface area contributed by atoms with Gasteiger partial charge in [0.1, 0.15) is 0 Å². The van der Waals surface area contributed by atoms with E-state index in [0.717, 1.165) is 17.6 Å². The quantitative estimate of drug-likeness (QED) is 0.908. The van der Waals surface area contributed by atoms with Gasteiger partial charge in [-0.25, -0.2) is 0 Å². The minimum absolute atomic E-state index is 0.0533. The summed E-state index contributed by atoms with van der Waals surface area (Å²) in [4.78, 5) is 13.9. The van der Waals surface area contributed by atoms with Gasteiger partial charge in [-0.2, -0.15) is 0 Å². The van der Waals surface area contributed by atoms with E-state index in [2.05, 4.69) is 45.2 Å². The topological polar surface area (TPSA) is 32.3 Å². The lowest BCUT2D eigenvalue weighted by Gasteiger charge is -2.37. The van der Waals surface area contributed by atoms with Gasteiger partial charge in [-0.3, -0.25) is 9.69 Å². The zero-order chi connectivity index (χ0) is 12.4. The van der Waals surface area contributed by atoms with Gasteiger partial charge < -0.3 is 5.32 Å². The zero-order valence-electron chi connectivity index (χ0n) is 10.1. The molecule has 0 radical (unpaired) electrons. The molecule has 0 aliphatic carbocycles. The van der Waals surface area contributed by atoms with Crippen molar-refractivity contribution in [3.8, 4) is 0 Å². The molecule has 2 rings (SSSR count). The van der Waals surface area contributed by atoms with Crippen LogP contribution in [-0.4, -0.2) is 29.9 Å². The van der Waals surface area contributed by atoms with Crippen LogP contribution in [0.1, 0.15) is 25.5 Å². The molecular weight excluding hydrogens is 280 g/mol. The van der Waals surface area contributed by atoms with Crippen molar-refractivity contribution in [1.29, 1.82) is 0 Å². The Morgan fingerprint density at radius 2 is 2.06 bits per heavy atom. The highest BCUT2D eigenvalue weighted by molar-refractivity contribution is 9.10. The first kappa shape index (κ1) is 12.6. The molecule has 1 aromatic rings. The molecule has 1 aromatic carbocycles. The Hall–Kier alpha value is -0.870. The molecule has 2 unspecified atom stereocenters. The van der Waals surface area contributed by atoms with Gasteiger partial charge in [0.05, 0.1) is 6.04 Å². The highest BCUT2D eigenvalue weighted by Gasteiger charge is 2.29.